The summed E-state index contributed by atoms with van der Waals surface area (Å²) in [5.41, 5.74) is 0.745. The number of benzene rings is 1. The van der Waals surface area contributed by atoms with Crippen LogP contribution in [0.3, 0.4) is 0 Å². The van der Waals surface area contributed by atoms with E-state index in [1.54, 1.807) is 31.2 Å². The van der Waals surface area contributed by atoms with Crippen LogP contribution in [-0.4, -0.2) is 21.2 Å². The minimum atomic E-state index is -0.170. The second-order valence-corrected chi connectivity index (χ2v) is 3.86. The maximum atomic E-state index is 11.6. The Morgan fingerprint density at radius 3 is 3.00 bits per heavy atom. The predicted octanol–water partition coefficient (Wildman–Crippen LogP) is 0.943. The van der Waals surface area contributed by atoms with Crippen LogP contribution in [0.2, 0.25) is 0 Å². The van der Waals surface area contributed by atoms with Crippen LogP contribution in [0.1, 0.15) is 17.3 Å². The lowest BCUT2D eigenvalue weighted by molar-refractivity contribution is -0.120. The van der Waals surface area contributed by atoms with Crippen molar-refractivity contribution in [3.05, 3.63) is 41.5 Å². The molecule has 1 amide bonds. The second-order valence-electron chi connectivity index (χ2n) is 3.86. The van der Waals surface area contributed by atoms with Gasteiger partial charge < -0.3 is 14.9 Å². The largest absolute Gasteiger partial charge is 0.508 e. The van der Waals surface area contributed by atoms with Crippen LogP contribution >= 0.6 is 0 Å². The van der Waals surface area contributed by atoms with Gasteiger partial charge in [-0.2, -0.15) is 4.98 Å². The quantitative estimate of drug-likeness (QED) is 0.839. The molecule has 0 saturated carbocycles. The number of hydrogen-bond donors (Lipinski definition) is 2. The molecular weight excluding hydrogens is 234 g/mol. The monoisotopic (exact) mass is 247 g/mol. The molecule has 2 aromatic rings. The fourth-order valence-electron chi connectivity index (χ4n) is 1.50. The number of hydrogen-bond acceptors (Lipinski definition) is 5. The Balaban J connectivity index is 1.85. The summed E-state index contributed by atoms with van der Waals surface area (Å²) in [6.07, 6.45) is 0.196. The summed E-state index contributed by atoms with van der Waals surface area (Å²) in [5.74, 6) is 0.883. The average Bonchev–Trinajstić information content (AvgIpc) is 2.73. The number of phenolic OH excluding ortho intramolecular Hbond substituents is 1. The molecule has 0 radical (unpaired) electrons. The van der Waals surface area contributed by atoms with Gasteiger partial charge >= 0.3 is 0 Å². The lowest BCUT2D eigenvalue weighted by Gasteiger charge is -2.03. The zero-order valence-electron chi connectivity index (χ0n) is 9.88. The number of rotatable bonds is 4. The number of nitrogens with zero attached hydrogens (tertiary/aromatic N) is 2. The van der Waals surface area contributed by atoms with Crippen LogP contribution in [0.5, 0.6) is 5.75 Å². The van der Waals surface area contributed by atoms with Crippen LogP contribution in [0.4, 0.5) is 0 Å². The van der Waals surface area contributed by atoms with Gasteiger partial charge in [0.25, 0.3) is 0 Å². The van der Waals surface area contributed by atoms with Gasteiger partial charge in [-0.05, 0) is 24.6 Å². The van der Waals surface area contributed by atoms with E-state index in [2.05, 4.69) is 15.5 Å². The normalized spacial score (nSPS) is 10.3. The molecule has 1 heterocycles. The van der Waals surface area contributed by atoms with E-state index in [1.165, 1.54) is 0 Å². The van der Waals surface area contributed by atoms with Gasteiger partial charge in [-0.3, -0.25) is 4.79 Å². The van der Waals surface area contributed by atoms with Gasteiger partial charge in [-0.15, -0.1) is 0 Å². The van der Waals surface area contributed by atoms with Gasteiger partial charge in [-0.1, -0.05) is 17.3 Å². The number of aromatic nitrogens is 2. The van der Waals surface area contributed by atoms with Crippen molar-refractivity contribution < 1.29 is 14.4 Å². The molecule has 94 valence electrons. The fraction of sp³-hybridized carbons (Fsp3) is 0.250. The van der Waals surface area contributed by atoms with Gasteiger partial charge in [0.05, 0.1) is 13.0 Å². The number of carbonyl (C=O) groups is 1. The summed E-state index contributed by atoms with van der Waals surface area (Å²) in [5, 5.41) is 15.6. The van der Waals surface area contributed by atoms with E-state index in [0.29, 0.717) is 11.7 Å². The zero-order chi connectivity index (χ0) is 13.0. The first-order valence-electron chi connectivity index (χ1n) is 5.47. The third-order valence-corrected chi connectivity index (χ3v) is 2.28. The number of phenols is 1. The van der Waals surface area contributed by atoms with Crippen LogP contribution < -0.4 is 5.32 Å². The molecule has 18 heavy (non-hydrogen) atoms. The molecule has 0 bridgehead atoms. The zero-order valence-corrected chi connectivity index (χ0v) is 9.88. The topological polar surface area (TPSA) is 88.2 Å². The highest BCUT2D eigenvalue weighted by molar-refractivity contribution is 5.78. The second kappa shape index (κ2) is 5.31. The molecule has 2 rings (SSSR count). The Morgan fingerprint density at radius 1 is 1.50 bits per heavy atom. The van der Waals surface area contributed by atoms with Crippen LogP contribution in [0.25, 0.3) is 0 Å². The standard InChI is InChI=1S/C12H13N3O3/c1-8-14-12(18-15-8)7-13-11(17)6-9-3-2-4-10(16)5-9/h2-5,16H,6-7H2,1H3,(H,13,17). The molecule has 1 aromatic heterocycles. The SMILES string of the molecule is Cc1noc(CNC(=O)Cc2cccc(O)c2)n1. The Labute approximate surface area is 104 Å². The van der Waals surface area contributed by atoms with E-state index < -0.39 is 0 Å². The van der Waals surface area contributed by atoms with Crippen LogP contribution in [0, 0.1) is 6.92 Å². The number of aryl methyl sites for hydroxylation is 1. The molecule has 0 aliphatic rings. The molecule has 6 heteroatoms. The molecule has 0 fully saturated rings. The van der Waals surface area contributed by atoms with E-state index in [1.807, 2.05) is 0 Å². The van der Waals surface area contributed by atoms with Crippen LogP contribution in [-0.2, 0) is 17.8 Å². The van der Waals surface area contributed by atoms with Crippen molar-refractivity contribution in [2.45, 2.75) is 19.9 Å². The number of aromatic hydroxyl groups is 1. The highest BCUT2D eigenvalue weighted by Crippen LogP contribution is 2.11. The fourth-order valence-corrected chi connectivity index (χ4v) is 1.50. The third-order valence-electron chi connectivity index (χ3n) is 2.28. The Morgan fingerprint density at radius 2 is 2.33 bits per heavy atom. The van der Waals surface area contributed by atoms with Gasteiger partial charge in [0.2, 0.25) is 11.8 Å². The minimum absolute atomic E-state index is 0.146. The lowest BCUT2D eigenvalue weighted by Crippen LogP contribution is -2.24. The minimum Gasteiger partial charge on any atom is -0.508 e. The van der Waals surface area contributed by atoms with E-state index in [9.17, 15) is 9.90 Å². The summed E-state index contributed by atoms with van der Waals surface area (Å²) in [7, 11) is 0. The van der Waals surface area contributed by atoms with Crippen molar-refractivity contribution in [3.8, 4) is 5.75 Å². The summed E-state index contributed by atoms with van der Waals surface area (Å²) in [6, 6.07) is 6.58. The van der Waals surface area contributed by atoms with E-state index in [4.69, 9.17) is 4.52 Å². The summed E-state index contributed by atoms with van der Waals surface area (Å²) in [6.45, 7) is 1.92. The summed E-state index contributed by atoms with van der Waals surface area (Å²) < 4.78 is 4.87. The highest BCUT2D eigenvalue weighted by Gasteiger charge is 2.07. The van der Waals surface area contributed by atoms with Gasteiger partial charge in [0.1, 0.15) is 5.75 Å². The van der Waals surface area contributed by atoms with Crippen molar-refractivity contribution in [2.24, 2.45) is 0 Å². The molecule has 0 spiro atoms. The predicted molar refractivity (Wildman–Crippen MR) is 62.7 cm³/mol. The van der Waals surface area contributed by atoms with Crippen molar-refractivity contribution in [1.29, 1.82) is 0 Å². The molecule has 0 atom stereocenters. The van der Waals surface area contributed by atoms with Crippen molar-refractivity contribution in [3.63, 3.8) is 0 Å². The average molecular weight is 247 g/mol. The van der Waals surface area contributed by atoms with E-state index >= 15 is 0 Å². The maximum Gasteiger partial charge on any atom is 0.246 e. The molecular formula is C12H13N3O3. The number of carbonyl (C=O) groups excluding carboxylic acids is 1. The first-order chi connectivity index (χ1) is 8.63. The lowest BCUT2D eigenvalue weighted by atomic mass is 10.1. The maximum absolute atomic E-state index is 11.6. The molecule has 0 aliphatic heterocycles. The number of amides is 1. The molecule has 0 saturated heterocycles. The third kappa shape index (κ3) is 3.31. The Bertz CT molecular complexity index is 551. The smallest absolute Gasteiger partial charge is 0.246 e. The molecule has 1 aromatic carbocycles. The molecule has 0 aliphatic carbocycles. The number of nitrogens with one attached hydrogen (secondary N) is 1. The highest BCUT2D eigenvalue weighted by atomic mass is 16.5. The van der Waals surface area contributed by atoms with Gasteiger partial charge in [0.15, 0.2) is 5.82 Å². The summed E-state index contributed by atoms with van der Waals surface area (Å²) in [4.78, 5) is 15.6. The summed E-state index contributed by atoms with van der Waals surface area (Å²) >= 11 is 0. The Kier molecular flexibility index (Phi) is 3.57. The molecule has 0 unspecified atom stereocenters. The molecule has 2 N–H and O–H groups in total. The van der Waals surface area contributed by atoms with Gasteiger partial charge in [0, 0.05) is 0 Å². The van der Waals surface area contributed by atoms with Crippen molar-refractivity contribution in [2.75, 3.05) is 0 Å². The Hall–Kier alpha value is -2.37. The van der Waals surface area contributed by atoms with Gasteiger partial charge in [-0.25, -0.2) is 0 Å². The van der Waals surface area contributed by atoms with Crippen molar-refractivity contribution in [1.82, 2.24) is 15.5 Å². The van der Waals surface area contributed by atoms with Crippen molar-refractivity contribution >= 4 is 5.91 Å². The van der Waals surface area contributed by atoms with Crippen LogP contribution in [0.15, 0.2) is 28.8 Å². The molecule has 6 nitrogen and oxygen atoms in total. The first-order valence-corrected chi connectivity index (χ1v) is 5.47. The van der Waals surface area contributed by atoms with E-state index in [0.717, 1.165) is 5.56 Å². The van der Waals surface area contributed by atoms with E-state index in [-0.39, 0.29) is 24.6 Å². The first kappa shape index (κ1) is 12.1.